The van der Waals surface area contributed by atoms with Crippen LogP contribution in [0.15, 0.2) is 18.2 Å². The van der Waals surface area contributed by atoms with E-state index in [4.69, 9.17) is 0 Å². The molecule has 19 heavy (non-hydrogen) atoms. The molecule has 1 fully saturated rings. The van der Waals surface area contributed by atoms with Crippen molar-refractivity contribution < 1.29 is 13.2 Å². The minimum atomic E-state index is -4.31. The molecule has 1 N–H and O–H groups in total. The lowest BCUT2D eigenvalue weighted by molar-refractivity contribution is -0.137. The largest absolute Gasteiger partial charge is 0.418 e. The maximum atomic E-state index is 13.1. The van der Waals surface area contributed by atoms with Gasteiger partial charge in [-0.25, -0.2) is 0 Å². The summed E-state index contributed by atoms with van der Waals surface area (Å²) in [6.45, 7) is 2.88. The Balaban J connectivity index is 2.24. The van der Waals surface area contributed by atoms with Crippen LogP contribution in [0.1, 0.15) is 30.9 Å². The molecular formula is C14H19F3N2. The molecule has 0 unspecified atom stereocenters. The van der Waals surface area contributed by atoms with Gasteiger partial charge in [-0.2, -0.15) is 13.2 Å². The van der Waals surface area contributed by atoms with Crippen LogP contribution in [0.5, 0.6) is 0 Å². The number of nitrogens with zero attached hydrogens (tertiary/aromatic N) is 1. The lowest BCUT2D eigenvalue weighted by Gasteiger charge is -2.22. The monoisotopic (exact) mass is 272 g/mol. The summed E-state index contributed by atoms with van der Waals surface area (Å²) < 4.78 is 39.3. The van der Waals surface area contributed by atoms with E-state index in [9.17, 15) is 13.2 Å². The molecule has 1 saturated carbocycles. The topological polar surface area (TPSA) is 15.3 Å². The van der Waals surface area contributed by atoms with Crippen molar-refractivity contribution in [3.05, 3.63) is 29.3 Å². The molecule has 0 radical (unpaired) electrons. The zero-order valence-corrected chi connectivity index (χ0v) is 11.2. The molecule has 5 heteroatoms. The maximum absolute atomic E-state index is 13.1. The molecule has 0 heterocycles. The van der Waals surface area contributed by atoms with Crippen LogP contribution < -0.4 is 10.2 Å². The van der Waals surface area contributed by atoms with Gasteiger partial charge in [-0.3, -0.25) is 0 Å². The average Bonchev–Trinajstić information content (AvgIpc) is 3.18. The fraction of sp³-hybridized carbons (Fsp3) is 0.571. The number of hydrogen-bond acceptors (Lipinski definition) is 2. The lowest BCUT2D eigenvalue weighted by Crippen LogP contribution is -2.22. The number of halogens is 3. The maximum Gasteiger partial charge on any atom is 0.418 e. The number of rotatable bonds is 5. The Morgan fingerprint density at radius 3 is 2.53 bits per heavy atom. The molecule has 0 amide bonds. The molecule has 1 aromatic carbocycles. The van der Waals surface area contributed by atoms with Gasteiger partial charge in [0, 0.05) is 31.9 Å². The summed E-state index contributed by atoms with van der Waals surface area (Å²) in [5, 5.41) is 3.23. The van der Waals surface area contributed by atoms with Crippen LogP contribution in [0, 0.1) is 0 Å². The van der Waals surface area contributed by atoms with Crippen molar-refractivity contribution in [1.82, 2.24) is 5.32 Å². The molecule has 106 valence electrons. The normalized spacial score (nSPS) is 15.6. The first-order valence-corrected chi connectivity index (χ1v) is 6.56. The summed E-state index contributed by atoms with van der Waals surface area (Å²) in [7, 11) is 1.67. The highest BCUT2D eigenvalue weighted by Crippen LogP contribution is 2.37. The van der Waals surface area contributed by atoms with Gasteiger partial charge >= 0.3 is 6.18 Å². The van der Waals surface area contributed by atoms with Gasteiger partial charge in [-0.05, 0) is 37.5 Å². The summed E-state index contributed by atoms with van der Waals surface area (Å²) in [6.07, 6.45) is -2.06. The molecule has 0 saturated heterocycles. The Bertz CT molecular complexity index is 439. The highest BCUT2D eigenvalue weighted by atomic mass is 19.4. The van der Waals surface area contributed by atoms with Crippen LogP contribution in [0.4, 0.5) is 18.9 Å². The van der Waals surface area contributed by atoms with Gasteiger partial charge in [-0.15, -0.1) is 0 Å². The van der Waals surface area contributed by atoms with Gasteiger partial charge in [0.25, 0.3) is 0 Å². The van der Waals surface area contributed by atoms with Crippen molar-refractivity contribution in [1.29, 1.82) is 0 Å². The molecule has 0 aliphatic heterocycles. The third-order valence-electron chi connectivity index (χ3n) is 3.42. The summed E-state index contributed by atoms with van der Waals surface area (Å²) in [6, 6.07) is 5.09. The Kier molecular flexibility index (Phi) is 4.04. The first kappa shape index (κ1) is 14.2. The minimum Gasteiger partial charge on any atom is -0.374 e. The SMILES string of the molecule is CCN(C)c1ccc(CNC2CC2)cc1C(F)(F)F. The summed E-state index contributed by atoms with van der Waals surface area (Å²) in [5.41, 5.74) is 0.379. The second kappa shape index (κ2) is 5.41. The number of alkyl halides is 3. The van der Waals surface area contributed by atoms with Gasteiger partial charge in [0.15, 0.2) is 0 Å². The Labute approximate surface area is 111 Å². The number of hydrogen-bond donors (Lipinski definition) is 1. The van der Waals surface area contributed by atoms with Crippen molar-refractivity contribution >= 4 is 5.69 Å². The van der Waals surface area contributed by atoms with Crippen molar-refractivity contribution in [2.75, 3.05) is 18.5 Å². The zero-order valence-electron chi connectivity index (χ0n) is 11.2. The van der Waals surface area contributed by atoms with Crippen LogP contribution in [0.2, 0.25) is 0 Å². The highest BCUT2D eigenvalue weighted by molar-refractivity contribution is 5.55. The Morgan fingerprint density at radius 1 is 1.32 bits per heavy atom. The third-order valence-corrected chi connectivity index (χ3v) is 3.42. The first-order valence-electron chi connectivity index (χ1n) is 6.56. The molecule has 1 aromatic rings. The third kappa shape index (κ3) is 3.62. The van der Waals surface area contributed by atoms with Crippen molar-refractivity contribution in [2.45, 2.75) is 38.5 Å². The van der Waals surface area contributed by atoms with E-state index in [2.05, 4.69) is 5.32 Å². The summed E-state index contributed by atoms with van der Waals surface area (Å²) in [5.74, 6) is 0. The standard InChI is InChI=1S/C14H19F3N2/c1-3-19(2)13-7-4-10(9-18-11-5-6-11)8-12(13)14(15,16)17/h4,7-8,11,18H,3,5-6,9H2,1-2H3. The van der Waals surface area contributed by atoms with Gasteiger partial charge < -0.3 is 10.2 Å². The molecule has 0 aromatic heterocycles. The van der Waals surface area contributed by atoms with E-state index in [1.54, 1.807) is 24.1 Å². The first-order chi connectivity index (χ1) is 8.91. The fourth-order valence-corrected chi connectivity index (χ4v) is 1.97. The second-order valence-electron chi connectivity index (χ2n) is 5.02. The molecule has 0 bridgehead atoms. The number of benzene rings is 1. The van der Waals surface area contributed by atoms with Crippen LogP contribution >= 0.6 is 0 Å². The van der Waals surface area contributed by atoms with Crippen LogP contribution in [0.3, 0.4) is 0 Å². The quantitative estimate of drug-likeness (QED) is 0.883. The molecule has 0 atom stereocenters. The van der Waals surface area contributed by atoms with Crippen LogP contribution in [-0.2, 0) is 12.7 Å². The summed E-state index contributed by atoms with van der Waals surface area (Å²) in [4.78, 5) is 1.61. The highest BCUT2D eigenvalue weighted by Gasteiger charge is 2.34. The van der Waals surface area contributed by atoms with Gasteiger partial charge in [0.2, 0.25) is 0 Å². The van der Waals surface area contributed by atoms with E-state index >= 15 is 0 Å². The van der Waals surface area contributed by atoms with E-state index in [0.717, 1.165) is 12.8 Å². The smallest absolute Gasteiger partial charge is 0.374 e. The van der Waals surface area contributed by atoms with Crippen LogP contribution in [-0.4, -0.2) is 19.6 Å². The lowest BCUT2D eigenvalue weighted by atomic mass is 10.1. The second-order valence-corrected chi connectivity index (χ2v) is 5.02. The van der Waals surface area contributed by atoms with Crippen molar-refractivity contribution in [2.24, 2.45) is 0 Å². The molecule has 2 rings (SSSR count). The zero-order chi connectivity index (χ0) is 14.0. The molecule has 2 nitrogen and oxygen atoms in total. The van der Waals surface area contributed by atoms with Crippen molar-refractivity contribution in [3.63, 3.8) is 0 Å². The number of nitrogens with one attached hydrogen (secondary N) is 1. The molecule has 1 aliphatic carbocycles. The predicted molar refractivity (Wildman–Crippen MR) is 70.2 cm³/mol. The summed E-state index contributed by atoms with van der Waals surface area (Å²) >= 11 is 0. The Hall–Kier alpha value is -1.23. The van der Waals surface area contributed by atoms with E-state index in [1.165, 1.54) is 6.07 Å². The van der Waals surface area contributed by atoms with E-state index in [1.807, 2.05) is 6.92 Å². The molecule has 1 aliphatic rings. The predicted octanol–water partition coefficient (Wildman–Crippen LogP) is 3.41. The number of anilines is 1. The molecular weight excluding hydrogens is 253 g/mol. The van der Waals surface area contributed by atoms with Gasteiger partial charge in [-0.1, -0.05) is 6.07 Å². The Morgan fingerprint density at radius 2 is 2.00 bits per heavy atom. The van der Waals surface area contributed by atoms with Crippen molar-refractivity contribution in [3.8, 4) is 0 Å². The minimum absolute atomic E-state index is 0.241. The van der Waals surface area contributed by atoms with E-state index in [-0.39, 0.29) is 5.69 Å². The fourth-order valence-electron chi connectivity index (χ4n) is 1.97. The van der Waals surface area contributed by atoms with Gasteiger partial charge in [0.05, 0.1) is 5.56 Å². The average molecular weight is 272 g/mol. The van der Waals surface area contributed by atoms with Crippen LogP contribution in [0.25, 0.3) is 0 Å². The van der Waals surface area contributed by atoms with E-state index < -0.39 is 11.7 Å². The van der Waals surface area contributed by atoms with Gasteiger partial charge in [0.1, 0.15) is 0 Å². The van der Waals surface area contributed by atoms with E-state index in [0.29, 0.717) is 24.7 Å². The molecule has 0 spiro atoms.